The molecule has 0 spiro atoms. The first kappa shape index (κ1) is 12.5. The monoisotopic (exact) mass is 282 g/mol. The Morgan fingerprint density at radius 2 is 1.71 bits per heavy atom. The Labute approximate surface area is 123 Å². The lowest BCUT2D eigenvalue weighted by Gasteiger charge is -2.31. The van der Waals surface area contributed by atoms with E-state index >= 15 is 0 Å². The molecule has 1 aliphatic heterocycles. The Balaban J connectivity index is 1.83. The number of para-hydroxylation sites is 1. The van der Waals surface area contributed by atoms with E-state index in [1.807, 2.05) is 19.2 Å². The van der Waals surface area contributed by atoms with E-state index in [1.165, 1.54) is 0 Å². The highest BCUT2D eigenvalue weighted by Gasteiger charge is 2.19. The summed E-state index contributed by atoms with van der Waals surface area (Å²) in [7, 11) is 4.18. The minimum atomic E-state index is 0.738. The summed E-state index contributed by atoms with van der Waals surface area (Å²) in [5.41, 5.74) is 2.93. The number of benzene rings is 1. The average molecular weight is 282 g/mol. The zero-order chi connectivity index (χ0) is 14.4. The molecule has 0 aliphatic carbocycles. The largest absolute Gasteiger partial charge is 0.337 e. The molecule has 1 fully saturated rings. The zero-order valence-electron chi connectivity index (χ0n) is 12.3. The Hall–Kier alpha value is -2.21. The van der Waals surface area contributed by atoms with Gasteiger partial charge in [0.15, 0.2) is 5.65 Å². The van der Waals surface area contributed by atoms with Crippen LogP contribution in [0, 0.1) is 0 Å². The smallest absolute Gasteiger partial charge is 0.247 e. The summed E-state index contributed by atoms with van der Waals surface area (Å²) in [6, 6.07) is 8.23. The van der Waals surface area contributed by atoms with Crippen molar-refractivity contribution in [3.05, 3.63) is 24.3 Å². The van der Waals surface area contributed by atoms with Crippen molar-refractivity contribution in [1.29, 1.82) is 0 Å². The first-order valence-electron chi connectivity index (χ1n) is 7.25. The molecule has 1 aliphatic rings. The van der Waals surface area contributed by atoms with Gasteiger partial charge in [-0.25, -0.2) is 0 Å². The first-order valence-corrected chi connectivity index (χ1v) is 7.25. The van der Waals surface area contributed by atoms with E-state index < -0.39 is 0 Å². The molecular formula is C15H18N6. The molecule has 0 bridgehead atoms. The van der Waals surface area contributed by atoms with Gasteiger partial charge < -0.3 is 14.4 Å². The molecule has 0 saturated carbocycles. The molecule has 21 heavy (non-hydrogen) atoms. The van der Waals surface area contributed by atoms with E-state index in [9.17, 15) is 0 Å². The van der Waals surface area contributed by atoms with Crippen molar-refractivity contribution in [1.82, 2.24) is 24.6 Å². The first-order chi connectivity index (χ1) is 10.2. The lowest BCUT2D eigenvalue weighted by molar-refractivity contribution is 0.311. The fourth-order valence-corrected chi connectivity index (χ4v) is 2.94. The van der Waals surface area contributed by atoms with Crippen LogP contribution in [0.1, 0.15) is 0 Å². The van der Waals surface area contributed by atoms with E-state index in [0.717, 1.165) is 54.2 Å². The normalized spacial score (nSPS) is 17.0. The summed E-state index contributed by atoms with van der Waals surface area (Å²) >= 11 is 0. The second-order valence-electron chi connectivity index (χ2n) is 5.65. The third-order valence-corrected chi connectivity index (χ3v) is 4.28. The molecule has 0 unspecified atom stereocenters. The Morgan fingerprint density at radius 3 is 2.52 bits per heavy atom. The second kappa shape index (κ2) is 4.66. The third kappa shape index (κ3) is 1.94. The van der Waals surface area contributed by atoms with Gasteiger partial charge in [-0.3, -0.25) is 0 Å². The van der Waals surface area contributed by atoms with E-state index in [-0.39, 0.29) is 0 Å². The second-order valence-corrected chi connectivity index (χ2v) is 5.65. The third-order valence-electron chi connectivity index (χ3n) is 4.28. The summed E-state index contributed by atoms with van der Waals surface area (Å²) in [6.07, 6.45) is 0. The lowest BCUT2D eigenvalue weighted by Crippen LogP contribution is -2.45. The highest BCUT2D eigenvalue weighted by molar-refractivity contribution is 6.04. The van der Waals surface area contributed by atoms with Crippen molar-refractivity contribution in [2.45, 2.75) is 0 Å². The maximum Gasteiger partial charge on any atom is 0.247 e. The van der Waals surface area contributed by atoms with Crippen LogP contribution in [0.25, 0.3) is 22.1 Å². The molecule has 1 saturated heterocycles. The molecule has 6 heteroatoms. The molecule has 0 N–H and O–H groups in total. The summed E-state index contributed by atoms with van der Waals surface area (Å²) in [5, 5.41) is 9.90. The highest BCUT2D eigenvalue weighted by Crippen LogP contribution is 2.25. The number of piperazine rings is 1. The lowest BCUT2D eigenvalue weighted by atomic mass is 10.2. The van der Waals surface area contributed by atoms with Gasteiger partial charge in [-0.05, 0) is 13.1 Å². The summed E-state index contributed by atoms with van der Waals surface area (Å²) < 4.78 is 2.10. The number of likely N-dealkylation sites (N-methyl/N-ethyl adjacent to an activating group) is 1. The highest BCUT2D eigenvalue weighted by atomic mass is 15.4. The SMILES string of the molecule is CN1CCN(c2nnc3c4ccccc4n(C)c3n2)CC1. The molecule has 4 rings (SSSR count). The van der Waals surface area contributed by atoms with Gasteiger partial charge in [0, 0.05) is 38.6 Å². The molecule has 1 aromatic carbocycles. The fraction of sp³-hybridized carbons (Fsp3) is 0.400. The van der Waals surface area contributed by atoms with Crippen LogP contribution in [0.15, 0.2) is 24.3 Å². The van der Waals surface area contributed by atoms with Crippen molar-refractivity contribution in [3.8, 4) is 0 Å². The van der Waals surface area contributed by atoms with Crippen LogP contribution in [-0.4, -0.2) is 57.9 Å². The van der Waals surface area contributed by atoms with Crippen LogP contribution >= 0.6 is 0 Å². The van der Waals surface area contributed by atoms with Crippen molar-refractivity contribution in [2.75, 3.05) is 38.1 Å². The quantitative estimate of drug-likeness (QED) is 0.673. The molecule has 3 aromatic rings. The van der Waals surface area contributed by atoms with E-state index in [1.54, 1.807) is 0 Å². The van der Waals surface area contributed by atoms with Crippen molar-refractivity contribution < 1.29 is 0 Å². The van der Waals surface area contributed by atoms with Gasteiger partial charge in [0.25, 0.3) is 0 Å². The summed E-state index contributed by atoms with van der Waals surface area (Å²) in [5.74, 6) is 0.738. The topological polar surface area (TPSA) is 50.1 Å². The number of hydrogen-bond acceptors (Lipinski definition) is 5. The molecule has 108 valence electrons. The Bertz CT molecular complexity index is 800. The van der Waals surface area contributed by atoms with Crippen molar-refractivity contribution in [3.63, 3.8) is 0 Å². The van der Waals surface area contributed by atoms with Gasteiger partial charge in [-0.1, -0.05) is 18.2 Å². The fourth-order valence-electron chi connectivity index (χ4n) is 2.94. The summed E-state index contributed by atoms with van der Waals surface area (Å²) in [6.45, 7) is 3.98. The number of nitrogens with zero attached hydrogens (tertiary/aromatic N) is 6. The number of hydrogen-bond donors (Lipinski definition) is 0. The van der Waals surface area contributed by atoms with Crippen LogP contribution in [-0.2, 0) is 7.05 Å². The molecule has 0 amide bonds. The Morgan fingerprint density at radius 1 is 0.952 bits per heavy atom. The predicted molar refractivity (Wildman–Crippen MR) is 83.5 cm³/mol. The molecular weight excluding hydrogens is 264 g/mol. The van der Waals surface area contributed by atoms with Crippen molar-refractivity contribution in [2.24, 2.45) is 7.05 Å². The van der Waals surface area contributed by atoms with E-state index in [2.05, 4.69) is 43.7 Å². The van der Waals surface area contributed by atoms with Gasteiger partial charge in [0.05, 0.1) is 5.52 Å². The molecule has 6 nitrogen and oxygen atoms in total. The zero-order valence-corrected chi connectivity index (χ0v) is 12.3. The van der Waals surface area contributed by atoms with Crippen LogP contribution in [0.5, 0.6) is 0 Å². The maximum absolute atomic E-state index is 4.76. The minimum Gasteiger partial charge on any atom is -0.337 e. The molecule has 0 atom stereocenters. The number of fused-ring (bicyclic) bond motifs is 3. The van der Waals surface area contributed by atoms with E-state index in [0.29, 0.717) is 0 Å². The molecule has 2 aromatic heterocycles. The van der Waals surface area contributed by atoms with Crippen LogP contribution in [0.3, 0.4) is 0 Å². The average Bonchev–Trinajstić information content (AvgIpc) is 2.81. The standard InChI is InChI=1S/C15H18N6/c1-19-7-9-21(10-8-19)15-16-14-13(17-18-15)11-5-3-4-6-12(11)20(14)2/h3-6H,7-10H2,1-2H3. The summed E-state index contributed by atoms with van der Waals surface area (Å²) in [4.78, 5) is 9.29. The van der Waals surface area contributed by atoms with Gasteiger partial charge in [-0.2, -0.15) is 4.98 Å². The predicted octanol–water partition coefficient (Wildman–Crippen LogP) is 1.27. The van der Waals surface area contributed by atoms with Gasteiger partial charge in [-0.15, -0.1) is 10.2 Å². The van der Waals surface area contributed by atoms with Crippen LogP contribution in [0.2, 0.25) is 0 Å². The van der Waals surface area contributed by atoms with Gasteiger partial charge in [0.2, 0.25) is 5.95 Å². The molecule has 0 radical (unpaired) electrons. The van der Waals surface area contributed by atoms with Gasteiger partial charge in [0.1, 0.15) is 5.52 Å². The number of anilines is 1. The van der Waals surface area contributed by atoms with Crippen LogP contribution < -0.4 is 4.90 Å². The Kier molecular flexibility index (Phi) is 2.78. The van der Waals surface area contributed by atoms with Crippen molar-refractivity contribution >= 4 is 28.0 Å². The number of aryl methyl sites for hydroxylation is 1. The minimum absolute atomic E-state index is 0.738. The van der Waals surface area contributed by atoms with Crippen LogP contribution in [0.4, 0.5) is 5.95 Å². The van der Waals surface area contributed by atoms with Gasteiger partial charge >= 0.3 is 0 Å². The maximum atomic E-state index is 4.76. The number of rotatable bonds is 1. The van der Waals surface area contributed by atoms with E-state index in [4.69, 9.17) is 4.98 Å². The molecule has 3 heterocycles. The number of aromatic nitrogens is 4.